The van der Waals surface area contributed by atoms with Crippen LogP contribution in [-0.2, 0) is 0 Å². The van der Waals surface area contributed by atoms with Gasteiger partial charge in [-0.2, -0.15) is 0 Å². The Kier molecular flexibility index (Phi) is 14.1. The molecule has 0 bridgehead atoms. The van der Waals surface area contributed by atoms with Crippen molar-refractivity contribution in [1.82, 2.24) is 0 Å². The first-order valence-corrected chi connectivity index (χ1v) is 1.92. The van der Waals surface area contributed by atoms with Gasteiger partial charge in [-0.15, -0.1) is 0 Å². The van der Waals surface area contributed by atoms with E-state index >= 15 is 0 Å². The predicted molar refractivity (Wildman–Crippen MR) is 31.4 cm³/mol. The Balaban J connectivity index is 0. The van der Waals surface area contributed by atoms with Gasteiger partial charge in [0.15, 0.2) is 0 Å². The van der Waals surface area contributed by atoms with Crippen LogP contribution >= 0.6 is 0 Å². The minimum absolute atomic E-state index is 0. The van der Waals surface area contributed by atoms with Gasteiger partial charge in [0, 0.05) is 31.1 Å². The fourth-order valence-electron chi connectivity index (χ4n) is 0.143. The number of hydrogen-bond acceptors (Lipinski definition) is 1. The fraction of sp³-hybridized carbons (Fsp3) is 0.250. The van der Waals surface area contributed by atoms with Crippen molar-refractivity contribution in [3.63, 3.8) is 0 Å². The van der Waals surface area contributed by atoms with E-state index in [2.05, 4.69) is 16.9 Å². The van der Waals surface area contributed by atoms with E-state index < -0.39 is 0 Å². The van der Waals surface area contributed by atoms with Gasteiger partial charge >= 0.3 is 0 Å². The van der Waals surface area contributed by atoms with Gasteiger partial charge in [-0.1, -0.05) is 6.54 Å². The van der Waals surface area contributed by atoms with Gasteiger partial charge in [0.2, 0.25) is 0 Å². The smallest absolute Gasteiger partial charge is 0.108 e. The third kappa shape index (κ3) is 9.50. The van der Waals surface area contributed by atoms with Crippen LogP contribution in [0, 0.1) is 38.0 Å². The molecular formula is C4H8N3U-. The molecule has 0 radical (unpaired) electrons. The first-order chi connectivity index (χ1) is 3.41. The molecule has 0 spiro atoms. The van der Waals surface area contributed by atoms with Crippen molar-refractivity contribution in [1.29, 1.82) is 0 Å². The summed E-state index contributed by atoms with van der Waals surface area (Å²) >= 11 is 0. The van der Waals surface area contributed by atoms with Crippen LogP contribution in [0.15, 0.2) is 9.98 Å². The van der Waals surface area contributed by atoms with Gasteiger partial charge < -0.3 is 17.6 Å². The summed E-state index contributed by atoms with van der Waals surface area (Å²) < 4.78 is 0. The molecule has 0 rings (SSSR count). The largest absolute Gasteiger partial charge is 0.390 e. The molecule has 0 fully saturated rings. The molecule has 0 aliphatic rings. The summed E-state index contributed by atoms with van der Waals surface area (Å²) in [5, 5.41) is 0. The molecule has 0 aliphatic carbocycles. The normalized spacial score (nSPS) is 10.1. The van der Waals surface area contributed by atoms with E-state index in [0.717, 1.165) is 0 Å². The molecule has 4 heteroatoms. The van der Waals surface area contributed by atoms with Crippen LogP contribution < -0.4 is 5.73 Å². The van der Waals surface area contributed by atoms with Crippen LogP contribution in [0.25, 0.3) is 0 Å². The number of aliphatic imine (C=N–C) groups is 2. The predicted octanol–water partition coefficient (Wildman–Crippen LogP) is -0.164. The monoisotopic (exact) mass is 336 g/mol. The Morgan fingerprint density at radius 3 is 2.62 bits per heavy atom. The summed E-state index contributed by atoms with van der Waals surface area (Å²) in [6.07, 6.45) is 2.55. The maximum atomic E-state index is 4.87. The molecule has 0 aromatic rings. The van der Waals surface area contributed by atoms with Gasteiger partial charge in [0.25, 0.3) is 0 Å². The first-order valence-electron chi connectivity index (χ1n) is 1.92. The third-order valence-corrected chi connectivity index (χ3v) is 0.363. The van der Waals surface area contributed by atoms with Crippen molar-refractivity contribution < 1.29 is 31.1 Å². The van der Waals surface area contributed by atoms with Crippen molar-refractivity contribution in [3.8, 4) is 0 Å². The molecule has 0 saturated carbocycles. The summed E-state index contributed by atoms with van der Waals surface area (Å²) in [6.45, 7) is 3.96. The Morgan fingerprint density at radius 1 is 1.62 bits per heavy atom. The van der Waals surface area contributed by atoms with Crippen molar-refractivity contribution in [2.24, 2.45) is 15.7 Å². The summed E-state index contributed by atoms with van der Waals surface area (Å²) in [7, 11) is 0. The summed E-state index contributed by atoms with van der Waals surface area (Å²) in [5.74, 6) is 0. The Labute approximate surface area is 72.8 Å². The molecule has 0 aliphatic heterocycles. The zero-order valence-electron chi connectivity index (χ0n) is 4.54. The average molecular weight is 336 g/mol. The third-order valence-electron chi connectivity index (χ3n) is 0.363. The molecule has 2 N–H and O–H groups in total. The molecule has 0 aromatic heterocycles. The SMILES string of the molecule is [CH2-]CN=CN=CN.[U]. The van der Waals surface area contributed by atoms with Gasteiger partial charge in [-0.25, -0.2) is 4.99 Å². The summed E-state index contributed by atoms with van der Waals surface area (Å²) in [5.41, 5.74) is 4.87. The van der Waals surface area contributed by atoms with Crippen LogP contribution in [0.4, 0.5) is 0 Å². The second kappa shape index (κ2) is 10.2. The first kappa shape index (κ1) is 11.1. The maximum Gasteiger partial charge on any atom is 0.108 e. The van der Waals surface area contributed by atoms with Crippen LogP contribution in [0.2, 0.25) is 0 Å². The average Bonchev–Trinajstić information content (AvgIpc) is 1.69. The Bertz CT molecular complexity index is 79.4. The van der Waals surface area contributed by atoms with E-state index in [0.29, 0.717) is 6.54 Å². The van der Waals surface area contributed by atoms with E-state index in [1.54, 1.807) is 0 Å². The molecule has 0 aromatic carbocycles. The maximum absolute atomic E-state index is 4.87. The number of hydrogen-bond donors (Lipinski definition) is 1. The molecule has 8 heavy (non-hydrogen) atoms. The van der Waals surface area contributed by atoms with Crippen molar-refractivity contribution in [2.45, 2.75) is 0 Å². The fourth-order valence-corrected chi connectivity index (χ4v) is 0.143. The van der Waals surface area contributed by atoms with Crippen molar-refractivity contribution in [2.75, 3.05) is 6.54 Å². The van der Waals surface area contributed by atoms with Crippen LogP contribution in [-0.4, -0.2) is 19.2 Å². The second-order valence-corrected chi connectivity index (χ2v) is 0.820. The van der Waals surface area contributed by atoms with Gasteiger partial charge in [-0.05, 0) is 0 Å². The molecule has 0 saturated heterocycles. The minimum atomic E-state index is 0. The van der Waals surface area contributed by atoms with E-state index in [-0.39, 0.29) is 31.1 Å². The number of nitrogens with zero attached hydrogens (tertiary/aromatic N) is 2. The minimum Gasteiger partial charge on any atom is -0.390 e. The van der Waals surface area contributed by atoms with Crippen molar-refractivity contribution >= 4 is 12.7 Å². The molecule has 0 atom stereocenters. The summed E-state index contributed by atoms with van der Waals surface area (Å²) in [4.78, 5) is 7.13. The molecule has 44 valence electrons. The quantitative estimate of drug-likeness (QED) is 0.425. The molecule has 3 nitrogen and oxygen atoms in total. The zero-order chi connectivity index (χ0) is 5.54. The molecular weight excluding hydrogens is 328 g/mol. The number of rotatable bonds is 2. The summed E-state index contributed by atoms with van der Waals surface area (Å²) in [6, 6.07) is 0. The van der Waals surface area contributed by atoms with E-state index in [1.165, 1.54) is 12.7 Å². The molecule has 0 unspecified atom stereocenters. The van der Waals surface area contributed by atoms with Gasteiger partial charge in [0.1, 0.15) is 6.34 Å². The van der Waals surface area contributed by atoms with Crippen molar-refractivity contribution in [3.05, 3.63) is 6.92 Å². The van der Waals surface area contributed by atoms with Crippen LogP contribution in [0.1, 0.15) is 0 Å². The Hall–Kier alpha value is 0.192. The molecule has 0 heterocycles. The van der Waals surface area contributed by atoms with Crippen LogP contribution in [0.3, 0.4) is 0 Å². The zero-order valence-corrected chi connectivity index (χ0v) is 8.70. The van der Waals surface area contributed by atoms with Crippen LogP contribution in [0.5, 0.6) is 0 Å². The topological polar surface area (TPSA) is 50.7 Å². The van der Waals surface area contributed by atoms with Gasteiger partial charge in [-0.3, -0.25) is 0 Å². The number of nitrogens with two attached hydrogens (primary N) is 1. The second-order valence-electron chi connectivity index (χ2n) is 0.820. The van der Waals surface area contributed by atoms with E-state index in [9.17, 15) is 0 Å². The van der Waals surface area contributed by atoms with Gasteiger partial charge in [0.05, 0.1) is 6.34 Å². The van der Waals surface area contributed by atoms with E-state index in [4.69, 9.17) is 5.73 Å². The van der Waals surface area contributed by atoms with E-state index in [1.807, 2.05) is 0 Å². The molecule has 0 amide bonds. The Morgan fingerprint density at radius 2 is 2.25 bits per heavy atom. The standard InChI is InChI=1S/C4H8N3.U/c1-2-6-4-7-3-5;/h3-4H,1-2H2,(H2,5,6,7);/q-1;.